The summed E-state index contributed by atoms with van der Waals surface area (Å²) in [7, 11) is 0. The first-order valence-electron chi connectivity index (χ1n) is 6.94. The standard InChI is InChI=1S/C13H24N2O/c14-8-10-6-11-3-4-12(7-10)15(11)9-13-2-1-5-16-13/h10-13H,1-9,14H2. The van der Waals surface area contributed by atoms with Crippen LogP contribution in [-0.2, 0) is 4.74 Å². The van der Waals surface area contributed by atoms with Crippen molar-refractivity contribution in [3.8, 4) is 0 Å². The molecule has 0 aromatic carbocycles. The lowest BCUT2D eigenvalue weighted by atomic mass is 9.90. The smallest absolute Gasteiger partial charge is 0.0703 e. The lowest BCUT2D eigenvalue weighted by Gasteiger charge is -2.39. The van der Waals surface area contributed by atoms with E-state index in [9.17, 15) is 0 Å². The first kappa shape index (κ1) is 11.0. The lowest BCUT2D eigenvalue weighted by Crippen LogP contribution is -2.47. The molecule has 3 heteroatoms. The Kier molecular flexibility index (Phi) is 3.18. The molecule has 3 unspecified atom stereocenters. The van der Waals surface area contributed by atoms with Gasteiger partial charge in [-0.1, -0.05) is 0 Å². The van der Waals surface area contributed by atoms with E-state index in [1.807, 2.05) is 0 Å². The summed E-state index contributed by atoms with van der Waals surface area (Å²) in [5, 5.41) is 0. The van der Waals surface area contributed by atoms with Crippen molar-refractivity contribution in [2.75, 3.05) is 19.7 Å². The van der Waals surface area contributed by atoms with Crippen LogP contribution in [0.5, 0.6) is 0 Å². The Morgan fingerprint density at radius 2 is 1.88 bits per heavy atom. The van der Waals surface area contributed by atoms with Crippen LogP contribution < -0.4 is 5.73 Å². The van der Waals surface area contributed by atoms with Crippen molar-refractivity contribution in [2.45, 2.75) is 56.7 Å². The molecule has 0 aromatic rings. The Morgan fingerprint density at radius 1 is 1.12 bits per heavy atom. The number of hydrogen-bond donors (Lipinski definition) is 1. The highest BCUT2D eigenvalue weighted by Gasteiger charge is 2.41. The van der Waals surface area contributed by atoms with Crippen LogP contribution in [0.2, 0.25) is 0 Å². The zero-order chi connectivity index (χ0) is 11.0. The maximum Gasteiger partial charge on any atom is 0.0703 e. The lowest BCUT2D eigenvalue weighted by molar-refractivity contribution is 0.0295. The van der Waals surface area contributed by atoms with Crippen LogP contribution in [0.25, 0.3) is 0 Å². The Bertz CT molecular complexity index is 226. The maximum atomic E-state index is 5.82. The number of fused-ring (bicyclic) bond motifs is 2. The zero-order valence-electron chi connectivity index (χ0n) is 10.1. The molecule has 3 atom stereocenters. The number of piperidine rings is 1. The summed E-state index contributed by atoms with van der Waals surface area (Å²) in [6.07, 6.45) is 8.52. The average molecular weight is 224 g/mol. The summed E-state index contributed by atoms with van der Waals surface area (Å²) in [5.41, 5.74) is 5.82. The van der Waals surface area contributed by atoms with Crippen LogP contribution in [0, 0.1) is 5.92 Å². The van der Waals surface area contributed by atoms with Crippen molar-refractivity contribution in [1.82, 2.24) is 4.90 Å². The molecule has 0 amide bonds. The van der Waals surface area contributed by atoms with Gasteiger partial charge in [-0.3, -0.25) is 4.90 Å². The second-order valence-electron chi connectivity index (χ2n) is 5.79. The minimum Gasteiger partial charge on any atom is -0.377 e. The molecule has 0 radical (unpaired) electrons. The summed E-state index contributed by atoms with van der Waals surface area (Å²) < 4.78 is 5.77. The molecule has 0 aliphatic carbocycles. The van der Waals surface area contributed by atoms with Gasteiger partial charge in [-0.05, 0) is 51.0 Å². The van der Waals surface area contributed by atoms with Gasteiger partial charge < -0.3 is 10.5 Å². The van der Waals surface area contributed by atoms with Crippen molar-refractivity contribution in [3.63, 3.8) is 0 Å². The number of rotatable bonds is 3. The Labute approximate surface area is 98.3 Å². The largest absolute Gasteiger partial charge is 0.377 e. The van der Waals surface area contributed by atoms with Crippen LogP contribution >= 0.6 is 0 Å². The summed E-state index contributed by atoms with van der Waals surface area (Å²) in [5.74, 6) is 0.790. The third kappa shape index (κ3) is 2.01. The first-order chi connectivity index (χ1) is 7.86. The van der Waals surface area contributed by atoms with Crippen molar-refractivity contribution in [2.24, 2.45) is 11.7 Å². The van der Waals surface area contributed by atoms with E-state index >= 15 is 0 Å². The molecule has 2 bridgehead atoms. The molecule has 0 spiro atoms. The fraction of sp³-hybridized carbons (Fsp3) is 1.00. The average Bonchev–Trinajstić information content (AvgIpc) is 2.87. The van der Waals surface area contributed by atoms with Gasteiger partial charge in [0.25, 0.3) is 0 Å². The summed E-state index contributed by atoms with van der Waals surface area (Å²) in [6, 6.07) is 1.63. The molecule has 2 N–H and O–H groups in total. The monoisotopic (exact) mass is 224 g/mol. The van der Waals surface area contributed by atoms with Gasteiger partial charge in [-0.25, -0.2) is 0 Å². The fourth-order valence-electron chi connectivity index (χ4n) is 3.90. The second kappa shape index (κ2) is 4.63. The number of ether oxygens (including phenoxy) is 1. The molecular formula is C13H24N2O. The van der Waals surface area contributed by atoms with Gasteiger partial charge in [0.05, 0.1) is 6.10 Å². The van der Waals surface area contributed by atoms with E-state index in [1.54, 1.807) is 0 Å². The Morgan fingerprint density at radius 3 is 2.44 bits per heavy atom. The SMILES string of the molecule is NCC1CC2CCC(C1)N2CC1CCCO1. The molecule has 0 saturated carbocycles. The zero-order valence-corrected chi connectivity index (χ0v) is 10.1. The highest BCUT2D eigenvalue weighted by Crippen LogP contribution is 2.38. The Balaban J connectivity index is 1.60. The fourth-order valence-corrected chi connectivity index (χ4v) is 3.90. The maximum absolute atomic E-state index is 5.82. The number of nitrogens with zero attached hydrogens (tertiary/aromatic N) is 1. The number of nitrogens with two attached hydrogens (primary N) is 1. The second-order valence-corrected chi connectivity index (χ2v) is 5.79. The van der Waals surface area contributed by atoms with E-state index in [4.69, 9.17) is 10.5 Å². The van der Waals surface area contributed by atoms with Crippen molar-refractivity contribution < 1.29 is 4.74 Å². The molecule has 16 heavy (non-hydrogen) atoms. The third-order valence-corrected chi connectivity index (χ3v) is 4.75. The van der Waals surface area contributed by atoms with E-state index in [-0.39, 0.29) is 0 Å². The van der Waals surface area contributed by atoms with Crippen LogP contribution in [0.3, 0.4) is 0 Å². The molecule has 92 valence electrons. The van der Waals surface area contributed by atoms with Gasteiger partial charge in [0.15, 0.2) is 0 Å². The summed E-state index contributed by atoms with van der Waals surface area (Å²) in [6.45, 7) is 3.06. The van der Waals surface area contributed by atoms with Gasteiger partial charge in [0, 0.05) is 25.2 Å². The molecule has 3 saturated heterocycles. The molecule has 3 nitrogen and oxygen atoms in total. The van der Waals surface area contributed by atoms with Crippen LogP contribution in [-0.4, -0.2) is 42.8 Å². The highest BCUT2D eigenvalue weighted by molar-refractivity contribution is 4.96. The molecule has 3 rings (SSSR count). The minimum atomic E-state index is 0.525. The minimum absolute atomic E-state index is 0.525. The summed E-state index contributed by atoms with van der Waals surface area (Å²) >= 11 is 0. The van der Waals surface area contributed by atoms with Gasteiger partial charge in [0.2, 0.25) is 0 Å². The van der Waals surface area contributed by atoms with Crippen molar-refractivity contribution in [1.29, 1.82) is 0 Å². The quantitative estimate of drug-likeness (QED) is 0.787. The third-order valence-electron chi connectivity index (χ3n) is 4.75. The molecule has 3 aliphatic rings. The van der Waals surface area contributed by atoms with E-state index in [1.165, 1.54) is 45.1 Å². The van der Waals surface area contributed by atoms with E-state index in [0.29, 0.717) is 6.10 Å². The predicted molar refractivity (Wildman–Crippen MR) is 64.3 cm³/mol. The van der Waals surface area contributed by atoms with E-state index < -0.39 is 0 Å². The summed E-state index contributed by atoms with van der Waals surface area (Å²) in [4.78, 5) is 2.74. The van der Waals surface area contributed by atoms with Gasteiger partial charge >= 0.3 is 0 Å². The molecule has 3 heterocycles. The number of hydrogen-bond acceptors (Lipinski definition) is 3. The predicted octanol–water partition coefficient (Wildman–Crippen LogP) is 1.37. The van der Waals surface area contributed by atoms with Crippen LogP contribution in [0.15, 0.2) is 0 Å². The van der Waals surface area contributed by atoms with E-state index in [2.05, 4.69) is 4.90 Å². The Hall–Kier alpha value is -0.120. The first-order valence-corrected chi connectivity index (χ1v) is 6.94. The van der Waals surface area contributed by atoms with Crippen molar-refractivity contribution in [3.05, 3.63) is 0 Å². The molecule has 0 aromatic heterocycles. The van der Waals surface area contributed by atoms with Crippen molar-refractivity contribution >= 4 is 0 Å². The van der Waals surface area contributed by atoms with Gasteiger partial charge in [0.1, 0.15) is 0 Å². The van der Waals surface area contributed by atoms with Gasteiger partial charge in [-0.15, -0.1) is 0 Å². The van der Waals surface area contributed by atoms with Gasteiger partial charge in [-0.2, -0.15) is 0 Å². The van der Waals surface area contributed by atoms with Crippen LogP contribution in [0.1, 0.15) is 38.5 Å². The van der Waals surface area contributed by atoms with E-state index in [0.717, 1.165) is 31.2 Å². The topological polar surface area (TPSA) is 38.5 Å². The highest BCUT2D eigenvalue weighted by atomic mass is 16.5. The van der Waals surface area contributed by atoms with Crippen LogP contribution in [0.4, 0.5) is 0 Å². The molecule has 3 aliphatic heterocycles. The molecular weight excluding hydrogens is 200 g/mol. The normalized spacial score (nSPS) is 44.1. The molecule has 3 fully saturated rings.